The Hall–Kier alpha value is -1.66. The number of ether oxygens (including phenoxy) is 1. The maximum Gasteiger partial charge on any atom is 0.344 e. The summed E-state index contributed by atoms with van der Waals surface area (Å²) in [6, 6.07) is 0. The summed E-state index contributed by atoms with van der Waals surface area (Å²) in [6.45, 7) is 2.22. The summed E-state index contributed by atoms with van der Waals surface area (Å²) in [4.78, 5) is 12.1. The van der Waals surface area contributed by atoms with Gasteiger partial charge in [-0.15, -0.1) is 0 Å². The molecule has 0 bridgehead atoms. The van der Waals surface area contributed by atoms with Crippen LogP contribution in [0.4, 0.5) is 22.0 Å². The minimum Gasteiger partial charge on any atom is -0.459 e. The van der Waals surface area contributed by atoms with Crippen molar-refractivity contribution in [1.82, 2.24) is 0 Å². The zero-order chi connectivity index (χ0) is 20.4. The lowest BCUT2D eigenvalue weighted by molar-refractivity contribution is 0.00978. The van der Waals surface area contributed by atoms with Crippen molar-refractivity contribution in [2.45, 2.75) is 70.8 Å². The molecule has 0 N–H and O–H groups in total. The molecule has 0 aliphatic heterocycles. The van der Waals surface area contributed by atoms with Gasteiger partial charge in [0.05, 0.1) is 0 Å². The van der Waals surface area contributed by atoms with Gasteiger partial charge in [-0.05, 0) is 56.3 Å². The van der Waals surface area contributed by atoms with Crippen molar-refractivity contribution in [3.8, 4) is 0 Å². The van der Waals surface area contributed by atoms with Gasteiger partial charge in [0.25, 0.3) is 0 Å². The van der Waals surface area contributed by atoms with Gasteiger partial charge >= 0.3 is 5.97 Å². The first-order valence-electron chi connectivity index (χ1n) is 10.1. The predicted octanol–water partition coefficient (Wildman–Crippen LogP) is 6.31. The molecule has 0 heterocycles. The van der Waals surface area contributed by atoms with Crippen molar-refractivity contribution >= 4 is 5.97 Å². The number of hydrogen-bond donors (Lipinski definition) is 0. The fourth-order valence-electron chi connectivity index (χ4n) is 4.74. The second-order valence-electron chi connectivity index (χ2n) is 8.08. The maximum atomic E-state index is 13.8. The van der Waals surface area contributed by atoms with Crippen molar-refractivity contribution in [3.05, 3.63) is 34.6 Å². The molecule has 3 rings (SSSR count). The number of halogens is 5. The first-order chi connectivity index (χ1) is 13.3. The van der Waals surface area contributed by atoms with Gasteiger partial charge in [-0.2, -0.15) is 0 Å². The van der Waals surface area contributed by atoms with E-state index >= 15 is 0 Å². The summed E-state index contributed by atoms with van der Waals surface area (Å²) in [7, 11) is 0. The van der Waals surface area contributed by atoms with E-state index in [4.69, 9.17) is 4.74 Å². The molecule has 0 aromatic heterocycles. The highest BCUT2D eigenvalue weighted by Gasteiger charge is 2.34. The minimum atomic E-state index is -2.29. The molecule has 0 atom stereocenters. The fraction of sp³-hybridized carbons (Fsp3) is 0.667. The molecule has 2 fully saturated rings. The molecule has 2 nitrogen and oxygen atoms in total. The molecular formula is C21H25F5O2. The molecule has 7 heteroatoms. The predicted molar refractivity (Wildman–Crippen MR) is 93.1 cm³/mol. The summed E-state index contributed by atoms with van der Waals surface area (Å²) in [5.74, 6) is -10.4. The van der Waals surface area contributed by atoms with Crippen LogP contribution in [0.2, 0.25) is 0 Å². The van der Waals surface area contributed by atoms with Gasteiger partial charge in [-0.3, -0.25) is 0 Å². The Bertz CT molecular complexity index is 691. The van der Waals surface area contributed by atoms with Gasteiger partial charge in [0.15, 0.2) is 23.3 Å². The monoisotopic (exact) mass is 404 g/mol. The van der Waals surface area contributed by atoms with Gasteiger partial charge in [0.1, 0.15) is 11.7 Å². The van der Waals surface area contributed by atoms with Crippen LogP contribution in [0.5, 0.6) is 0 Å². The lowest BCUT2D eigenvalue weighted by atomic mass is 9.70. The van der Waals surface area contributed by atoms with Crippen molar-refractivity contribution in [1.29, 1.82) is 0 Å². The second-order valence-corrected chi connectivity index (χ2v) is 8.08. The van der Waals surface area contributed by atoms with Crippen LogP contribution in [0.15, 0.2) is 0 Å². The molecule has 1 aromatic carbocycles. The van der Waals surface area contributed by atoms with Crippen LogP contribution >= 0.6 is 0 Å². The molecule has 2 saturated carbocycles. The van der Waals surface area contributed by atoms with Crippen molar-refractivity contribution in [2.75, 3.05) is 0 Å². The van der Waals surface area contributed by atoms with Crippen LogP contribution < -0.4 is 0 Å². The van der Waals surface area contributed by atoms with E-state index in [0.29, 0.717) is 24.7 Å². The lowest BCUT2D eigenvalue weighted by Gasteiger charge is -2.37. The molecule has 0 saturated heterocycles. The molecule has 1 aromatic rings. The summed E-state index contributed by atoms with van der Waals surface area (Å²) < 4.78 is 72.3. The average molecular weight is 404 g/mol. The zero-order valence-corrected chi connectivity index (χ0v) is 15.9. The average Bonchev–Trinajstić information content (AvgIpc) is 2.71. The highest BCUT2D eigenvalue weighted by atomic mass is 19.2. The van der Waals surface area contributed by atoms with E-state index in [1.807, 2.05) is 0 Å². The largest absolute Gasteiger partial charge is 0.459 e. The Labute approximate surface area is 161 Å². The van der Waals surface area contributed by atoms with Crippen LogP contribution in [0.1, 0.15) is 75.1 Å². The van der Waals surface area contributed by atoms with Crippen LogP contribution in [-0.4, -0.2) is 12.1 Å². The highest BCUT2D eigenvalue weighted by Crippen LogP contribution is 2.41. The van der Waals surface area contributed by atoms with Crippen LogP contribution in [0, 0.1) is 46.8 Å². The van der Waals surface area contributed by atoms with Crippen molar-refractivity contribution < 1.29 is 31.5 Å². The second kappa shape index (κ2) is 8.78. The highest BCUT2D eigenvalue weighted by molar-refractivity contribution is 5.90. The summed E-state index contributed by atoms with van der Waals surface area (Å²) in [6.07, 6.45) is 8.33. The van der Waals surface area contributed by atoms with Gasteiger partial charge in [0.2, 0.25) is 5.82 Å². The van der Waals surface area contributed by atoms with Gasteiger partial charge in [-0.1, -0.05) is 26.2 Å². The van der Waals surface area contributed by atoms with Crippen molar-refractivity contribution in [3.63, 3.8) is 0 Å². The third-order valence-electron chi connectivity index (χ3n) is 6.54. The van der Waals surface area contributed by atoms with Crippen LogP contribution in [-0.2, 0) is 4.74 Å². The third-order valence-corrected chi connectivity index (χ3v) is 6.54. The number of carbonyl (C=O) groups excluding carboxylic acids is 1. The molecule has 28 heavy (non-hydrogen) atoms. The van der Waals surface area contributed by atoms with E-state index in [-0.39, 0.29) is 0 Å². The first kappa shape index (κ1) is 21.1. The van der Waals surface area contributed by atoms with Gasteiger partial charge in [0, 0.05) is 0 Å². The smallest absolute Gasteiger partial charge is 0.344 e. The Morgan fingerprint density at radius 3 is 1.64 bits per heavy atom. The van der Waals surface area contributed by atoms with E-state index in [9.17, 15) is 26.7 Å². The molecule has 0 amide bonds. The van der Waals surface area contributed by atoms with E-state index in [1.54, 1.807) is 0 Å². The summed E-state index contributed by atoms with van der Waals surface area (Å²) >= 11 is 0. The van der Waals surface area contributed by atoms with E-state index in [2.05, 4.69) is 6.92 Å². The number of hydrogen-bond acceptors (Lipinski definition) is 2. The SMILES string of the molecule is CCC1CCC(C2CCC(OC(=O)c3c(F)c(F)c(F)c(F)c3F)CC2)CC1. The molecule has 2 aliphatic rings. The summed E-state index contributed by atoms with van der Waals surface area (Å²) in [5, 5.41) is 0. The number of carbonyl (C=O) groups is 1. The number of esters is 1. The quantitative estimate of drug-likeness (QED) is 0.254. The maximum absolute atomic E-state index is 13.8. The molecule has 0 spiro atoms. The Morgan fingerprint density at radius 1 is 0.750 bits per heavy atom. The van der Waals surface area contributed by atoms with Crippen LogP contribution in [0.3, 0.4) is 0 Å². The lowest BCUT2D eigenvalue weighted by Crippen LogP contribution is -2.30. The normalized spacial score (nSPS) is 28.2. The number of benzene rings is 1. The van der Waals surface area contributed by atoms with Crippen molar-refractivity contribution in [2.24, 2.45) is 17.8 Å². The molecular weight excluding hydrogens is 379 g/mol. The summed E-state index contributed by atoms with van der Waals surface area (Å²) in [5.41, 5.74) is -1.52. The Balaban J connectivity index is 1.58. The zero-order valence-electron chi connectivity index (χ0n) is 15.9. The van der Waals surface area contributed by atoms with Crippen LogP contribution in [0.25, 0.3) is 0 Å². The van der Waals surface area contributed by atoms with Gasteiger partial charge < -0.3 is 4.74 Å². The molecule has 2 aliphatic carbocycles. The minimum absolute atomic E-state index is 0.541. The Kier molecular flexibility index (Phi) is 6.61. The van der Waals surface area contributed by atoms with E-state index in [0.717, 1.165) is 18.8 Å². The molecule has 0 unspecified atom stereocenters. The van der Waals surface area contributed by atoms with Gasteiger partial charge in [-0.25, -0.2) is 26.7 Å². The van der Waals surface area contributed by atoms with E-state index < -0.39 is 46.7 Å². The fourth-order valence-corrected chi connectivity index (χ4v) is 4.74. The standard InChI is InChI=1S/C21H25F5O2/c1-2-11-3-5-12(6-4-11)13-7-9-14(10-8-13)28-21(27)15-16(22)18(24)20(26)19(25)17(15)23/h11-14H,2-10H2,1H3. The molecule has 0 radical (unpaired) electrons. The third kappa shape index (κ3) is 4.18. The van der Waals surface area contributed by atoms with E-state index in [1.165, 1.54) is 32.1 Å². The first-order valence-corrected chi connectivity index (χ1v) is 10.1. The molecule has 156 valence electrons. The topological polar surface area (TPSA) is 26.3 Å². The number of rotatable bonds is 4. The Morgan fingerprint density at radius 2 is 1.18 bits per heavy atom.